The molecule has 0 spiro atoms. The van der Waals surface area contributed by atoms with Crippen LogP contribution in [0.2, 0.25) is 0 Å². The fraction of sp³-hybridized carbons (Fsp3) is 0. The Bertz CT molecular complexity index is 211. The molecule has 1 atom stereocenters. The third-order valence-corrected chi connectivity index (χ3v) is 1.08. The van der Waals surface area contributed by atoms with E-state index in [-0.39, 0.29) is 9.90 Å². The van der Waals surface area contributed by atoms with Crippen LogP contribution < -0.4 is 0 Å². The van der Waals surface area contributed by atoms with E-state index in [2.05, 4.69) is 15.4 Å². The number of fused-ring (bicyclic) bond motifs is 1. The van der Waals surface area contributed by atoms with E-state index in [1.807, 2.05) is 18.2 Å². The molecule has 3 nitrogen and oxygen atoms in total. The first-order valence-electron chi connectivity index (χ1n) is 2.34. The van der Waals surface area contributed by atoms with Crippen LogP contribution in [0.25, 0.3) is 0 Å². The molecule has 0 aromatic carbocycles. The zero-order chi connectivity index (χ0) is 5.40. The number of nitrogens with zero attached hydrogens (tertiary/aromatic N) is 3. The lowest BCUT2D eigenvalue weighted by Crippen LogP contribution is -1.84. The Morgan fingerprint density at radius 3 is 3.00 bits per heavy atom. The second-order valence-electron chi connectivity index (χ2n) is 1.59. The van der Waals surface area contributed by atoms with Crippen LogP contribution in [0.15, 0.2) is 39.4 Å². The predicted molar refractivity (Wildman–Crippen MR) is 40.6 cm³/mol. The summed E-state index contributed by atoms with van der Waals surface area (Å²) in [6.45, 7) is 0. The smallest absolute Gasteiger partial charge is 0.115 e. The summed E-state index contributed by atoms with van der Waals surface area (Å²) < 4.78 is 0. The number of hydrogen-bond acceptors (Lipinski definition) is 3. The van der Waals surface area contributed by atoms with Crippen LogP contribution in [0.1, 0.15) is 0 Å². The third kappa shape index (κ3) is 0.836. The van der Waals surface area contributed by atoms with Crippen LogP contribution in [-0.2, 0) is 0 Å². The molecule has 2 rings (SSSR count). The molecule has 0 radical (unpaired) electrons. The lowest BCUT2D eigenvalue weighted by Gasteiger charge is -1.77. The van der Waals surface area contributed by atoms with Crippen molar-refractivity contribution in [2.75, 3.05) is 0 Å². The molecular formula is C5H6N3P. The summed E-state index contributed by atoms with van der Waals surface area (Å²) in [5.74, 6) is 0. The quantitative estimate of drug-likeness (QED) is 0.454. The highest BCUT2D eigenvalue weighted by molar-refractivity contribution is 6.92. The van der Waals surface area contributed by atoms with Gasteiger partial charge in [-0.3, -0.25) is 0 Å². The predicted octanol–water partition coefficient (Wildman–Crippen LogP) is 1.32. The molecular weight excluding hydrogens is 133 g/mol. The van der Waals surface area contributed by atoms with Gasteiger partial charge in [0.15, 0.2) is 0 Å². The molecule has 0 saturated heterocycles. The minimum Gasteiger partial charge on any atom is -0.153 e. The Morgan fingerprint density at radius 2 is 2.22 bits per heavy atom. The lowest BCUT2D eigenvalue weighted by molar-refractivity contribution is 1.09. The second kappa shape index (κ2) is 2.19. The summed E-state index contributed by atoms with van der Waals surface area (Å²) in [6.07, 6.45) is 5.68. The average Bonchev–Trinajstić information content (AvgIpc) is 2.15. The van der Waals surface area contributed by atoms with Crippen molar-refractivity contribution < 1.29 is 0 Å². The molecule has 0 saturated carbocycles. The maximum absolute atomic E-state index is 3.72. The highest BCUT2D eigenvalue weighted by Gasteiger charge is 2.10. The molecule has 0 amide bonds. The first-order chi connectivity index (χ1) is 3.97. The second-order valence-corrected chi connectivity index (χ2v) is 1.59. The van der Waals surface area contributed by atoms with Crippen molar-refractivity contribution in [1.82, 2.24) is 0 Å². The van der Waals surface area contributed by atoms with E-state index >= 15 is 0 Å². The zero-order valence-electron chi connectivity index (χ0n) is 4.78. The number of hydrogen-bond donors (Lipinski definition) is 0. The number of rotatable bonds is 0. The zero-order valence-corrected chi connectivity index (χ0v) is 6.20. The van der Waals surface area contributed by atoms with Gasteiger partial charge >= 0.3 is 0 Å². The highest BCUT2D eigenvalue weighted by atomic mass is 31.0. The molecule has 1 unspecified atom stereocenters. The van der Waals surface area contributed by atoms with Gasteiger partial charge in [-0.2, -0.15) is 9.90 Å². The van der Waals surface area contributed by atoms with E-state index in [1.165, 1.54) is 0 Å². The molecule has 1 aliphatic heterocycles. The van der Waals surface area contributed by atoms with E-state index in [0.29, 0.717) is 0 Å². The van der Waals surface area contributed by atoms with Crippen molar-refractivity contribution in [3.05, 3.63) is 23.9 Å². The molecule has 1 aliphatic carbocycles. The molecule has 0 bridgehead atoms. The standard InChI is InChI=1S/C5H3N3.H3P/c1-2-4-5(3-1)7-8-6-4;/h1-3H;1H3. The van der Waals surface area contributed by atoms with Gasteiger partial charge in [0.1, 0.15) is 11.4 Å². The molecule has 1 heterocycles. The average molecular weight is 139 g/mol. The normalized spacial score (nSPS) is 18.7. The minimum atomic E-state index is 0. The molecule has 0 aromatic heterocycles. The van der Waals surface area contributed by atoms with E-state index < -0.39 is 0 Å². The van der Waals surface area contributed by atoms with Crippen molar-refractivity contribution in [2.45, 2.75) is 0 Å². The summed E-state index contributed by atoms with van der Waals surface area (Å²) in [6, 6.07) is 0. The van der Waals surface area contributed by atoms with Crippen molar-refractivity contribution in [3.8, 4) is 0 Å². The molecule has 9 heavy (non-hydrogen) atoms. The van der Waals surface area contributed by atoms with Crippen LogP contribution >= 0.6 is 9.90 Å². The fourth-order valence-electron chi connectivity index (χ4n) is 0.689. The monoisotopic (exact) mass is 139 g/mol. The van der Waals surface area contributed by atoms with E-state index in [9.17, 15) is 0 Å². The van der Waals surface area contributed by atoms with Crippen LogP contribution in [-0.4, -0.2) is 5.71 Å². The van der Waals surface area contributed by atoms with Gasteiger partial charge in [-0.1, -0.05) is 6.08 Å². The van der Waals surface area contributed by atoms with Gasteiger partial charge in [0.2, 0.25) is 0 Å². The lowest BCUT2D eigenvalue weighted by atomic mass is 10.4. The molecule has 0 fully saturated rings. The van der Waals surface area contributed by atoms with E-state index in [1.54, 1.807) is 0 Å². The van der Waals surface area contributed by atoms with Gasteiger partial charge in [0.05, 0.1) is 0 Å². The Morgan fingerprint density at radius 1 is 1.33 bits per heavy atom. The maximum atomic E-state index is 3.72. The van der Waals surface area contributed by atoms with E-state index in [0.717, 1.165) is 11.4 Å². The first kappa shape index (κ1) is 6.30. The van der Waals surface area contributed by atoms with Gasteiger partial charge in [0.25, 0.3) is 0 Å². The Balaban J connectivity index is 0.000000405. The third-order valence-electron chi connectivity index (χ3n) is 1.08. The highest BCUT2D eigenvalue weighted by Crippen LogP contribution is 2.15. The largest absolute Gasteiger partial charge is 0.153 e. The Labute approximate surface area is 55.9 Å². The van der Waals surface area contributed by atoms with Gasteiger partial charge in [-0.15, -0.1) is 10.2 Å². The summed E-state index contributed by atoms with van der Waals surface area (Å²) >= 11 is 0. The molecule has 0 N–H and O–H groups in total. The molecule has 46 valence electrons. The summed E-state index contributed by atoms with van der Waals surface area (Å²) in [5.41, 5.74) is 1.76. The van der Waals surface area contributed by atoms with Crippen molar-refractivity contribution >= 4 is 15.6 Å². The number of allylic oxidation sites excluding steroid dienone is 3. The topological polar surface area (TPSA) is 37.1 Å². The van der Waals surface area contributed by atoms with Crippen molar-refractivity contribution in [1.29, 1.82) is 0 Å². The summed E-state index contributed by atoms with van der Waals surface area (Å²) in [7, 11) is 0. The SMILES string of the molecule is C1=CC2=NN=NC2=C1.P. The Kier molecular flexibility index (Phi) is 1.54. The molecule has 0 aromatic rings. The van der Waals surface area contributed by atoms with Crippen LogP contribution in [0.3, 0.4) is 0 Å². The van der Waals surface area contributed by atoms with Gasteiger partial charge in [0, 0.05) is 0 Å². The van der Waals surface area contributed by atoms with Crippen molar-refractivity contribution in [2.24, 2.45) is 15.4 Å². The molecule has 4 heteroatoms. The maximum Gasteiger partial charge on any atom is 0.115 e. The Hall–Kier alpha value is -0.820. The molecule has 2 aliphatic rings. The van der Waals surface area contributed by atoms with Crippen LogP contribution in [0.5, 0.6) is 0 Å². The van der Waals surface area contributed by atoms with Crippen LogP contribution in [0.4, 0.5) is 0 Å². The van der Waals surface area contributed by atoms with E-state index in [4.69, 9.17) is 0 Å². The van der Waals surface area contributed by atoms with Crippen molar-refractivity contribution in [3.63, 3.8) is 0 Å². The minimum absolute atomic E-state index is 0. The summed E-state index contributed by atoms with van der Waals surface area (Å²) in [4.78, 5) is 0. The van der Waals surface area contributed by atoms with Crippen LogP contribution in [0, 0.1) is 0 Å². The van der Waals surface area contributed by atoms with Gasteiger partial charge < -0.3 is 0 Å². The first-order valence-corrected chi connectivity index (χ1v) is 2.34. The van der Waals surface area contributed by atoms with Gasteiger partial charge in [-0.25, -0.2) is 0 Å². The summed E-state index contributed by atoms with van der Waals surface area (Å²) in [5, 5.41) is 10.9. The van der Waals surface area contributed by atoms with Gasteiger partial charge in [-0.05, 0) is 17.4 Å². The fourth-order valence-corrected chi connectivity index (χ4v) is 0.689.